The molecule has 0 saturated heterocycles. The van der Waals surface area contributed by atoms with Gasteiger partial charge in [0.2, 0.25) is 0 Å². The predicted octanol–water partition coefficient (Wildman–Crippen LogP) is -0.167. The van der Waals surface area contributed by atoms with Crippen LogP contribution in [-0.2, 0) is 21.1 Å². The summed E-state index contributed by atoms with van der Waals surface area (Å²) in [5.41, 5.74) is 0. The fourth-order valence-corrected chi connectivity index (χ4v) is 0. The molecule has 0 heterocycles. The molecule has 0 atom stereocenters. The summed E-state index contributed by atoms with van der Waals surface area (Å²) in [6, 6.07) is 0. The molecule has 0 amide bonds. The Morgan fingerprint density at radius 2 is 1.25 bits per heavy atom. The summed E-state index contributed by atoms with van der Waals surface area (Å²) in [7, 11) is 3.75. The van der Waals surface area contributed by atoms with Crippen LogP contribution in [0.1, 0.15) is 0 Å². The summed E-state index contributed by atoms with van der Waals surface area (Å²) < 4.78 is 0. The standard InChI is InChI=1S/C2H7N.W/c1-3-2;/h3H,1-2H3;. The average Bonchev–Trinajstić information content (AvgIpc) is 0.918. The molecule has 0 saturated carbocycles. The summed E-state index contributed by atoms with van der Waals surface area (Å²) in [5, 5.41) is 2.75. The molecule has 0 radical (unpaired) electrons. The second kappa shape index (κ2) is 9.42. The molecule has 1 N–H and O–H groups in total. The fraction of sp³-hybridized carbons (Fsp3) is 1.00. The zero-order valence-electron chi connectivity index (χ0n) is 2.91. The number of hydrogen-bond donors (Lipinski definition) is 1. The van der Waals surface area contributed by atoms with Crippen LogP contribution in [0.25, 0.3) is 0 Å². The number of hydrogen-bond acceptors (Lipinski definition) is 1. The zero-order valence-corrected chi connectivity index (χ0v) is 5.84. The van der Waals surface area contributed by atoms with Gasteiger partial charge < -0.3 is 5.32 Å². The first kappa shape index (κ1) is 8.82. The van der Waals surface area contributed by atoms with Crippen molar-refractivity contribution in [2.24, 2.45) is 0 Å². The van der Waals surface area contributed by atoms with Crippen molar-refractivity contribution in [3.63, 3.8) is 0 Å². The molecule has 0 fully saturated rings. The van der Waals surface area contributed by atoms with Gasteiger partial charge in [-0.3, -0.25) is 0 Å². The van der Waals surface area contributed by atoms with E-state index in [4.69, 9.17) is 0 Å². The van der Waals surface area contributed by atoms with Gasteiger partial charge in [0.15, 0.2) is 0 Å². The fourth-order valence-electron chi connectivity index (χ4n) is 0. The molecule has 1 nitrogen and oxygen atoms in total. The Balaban J connectivity index is 0. The molecule has 0 unspecified atom stereocenters. The van der Waals surface area contributed by atoms with Gasteiger partial charge in [-0.1, -0.05) is 0 Å². The minimum atomic E-state index is 0. The van der Waals surface area contributed by atoms with Gasteiger partial charge in [-0.2, -0.15) is 0 Å². The van der Waals surface area contributed by atoms with Crippen LogP contribution < -0.4 is 5.32 Å². The first-order valence-corrected chi connectivity index (χ1v) is 1.00. The van der Waals surface area contributed by atoms with E-state index in [-0.39, 0.29) is 21.1 Å². The molecule has 0 bridgehead atoms. The quantitative estimate of drug-likeness (QED) is 0.608. The van der Waals surface area contributed by atoms with Crippen LogP contribution in [0, 0.1) is 0 Å². The molecule has 0 aliphatic carbocycles. The Hall–Kier alpha value is 0.648. The van der Waals surface area contributed by atoms with E-state index in [2.05, 4.69) is 5.32 Å². The van der Waals surface area contributed by atoms with E-state index in [1.54, 1.807) is 0 Å². The van der Waals surface area contributed by atoms with Gasteiger partial charge in [0.25, 0.3) is 0 Å². The van der Waals surface area contributed by atoms with Crippen molar-refractivity contribution in [2.45, 2.75) is 0 Å². The summed E-state index contributed by atoms with van der Waals surface area (Å²) in [5.74, 6) is 0. The maximum Gasteiger partial charge on any atom is 0 e. The molecule has 0 rings (SSSR count). The van der Waals surface area contributed by atoms with Gasteiger partial charge >= 0.3 is 0 Å². The second-order valence-corrected chi connectivity index (χ2v) is 0.500. The van der Waals surface area contributed by atoms with Crippen molar-refractivity contribution in [3.8, 4) is 0 Å². The minimum absolute atomic E-state index is 0. The summed E-state index contributed by atoms with van der Waals surface area (Å²) in [6.07, 6.45) is 0. The van der Waals surface area contributed by atoms with Crippen molar-refractivity contribution in [1.82, 2.24) is 5.32 Å². The van der Waals surface area contributed by atoms with Gasteiger partial charge in [0, 0.05) is 21.1 Å². The third-order valence-electron chi connectivity index (χ3n) is 0. The van der Waals surface area contributed by atoms with Crippen LogP contribution in [0.2, 0.25) is 0 Å². The van der Waals surface area contributed by atoms with Crippen molar-refractivity contribution < 1.29 is 21.1 Å². The van der Waals surface area contributed by atoms with Crippen molar-refractivity contribution in [1.29, 1.82) is 0 Å². The van der Waals surface area contributed by atoms with E-state index in [9.17, 15) is 0 Å². The molecule has 0 aromatic rings. The smallest absolute Gasteiger partial charge is 0 e. The Morgan fingerprint density at radius 3 is 1.25 bits per heavy atom. The van der Waals surface area contributed by atoms with Crippen LogP contribution in [-0.4, -0.2) is 14.1 Å². The first-order chi connectivity index (χ1) is 1.41. The van der Waals surface area contributed by atoms with E-state index >= 15 is 0 Å². The molecule has 0 aliphatic rings. The van der Waals surface area contributed by atoms with Crippen molar-refractivity contribution >= 4 is 0 Å². The monoisotopic (exact) mass is 229 g/mol. The zero-order chi connectivity index (χ0) is 2.71. The third kappa shape index (κ3) is 17.1. The largest absolute Gasteiger partial charge is 0.323 e. The second-order valence-electron chi connectivity index (χ2n) is 0.500. The maximum atomic E-state index is 2.75. The SMILES string of the molecule is CNC.[W]. The van der Waals surface area contributed by atoms with Gasteiger partial charge in [-0.15, -0.1) is 0 Å². The first-order valence-electron chi connectivity index (χ1n) is 1.00. The number of nitrogens with one attached hydrogen (secondary N) is 1. The molecule has 0 aliphatic heterocycles. The van der Waals surface area contributed by atoms with Crippen LogP contribution in [0.15, 0.2) is 0 Å². The van der Waals surface area contributed by atoms with E-state index in [1.165, 1.54) is 0 Å². The van der Waals surface area contributed by atoms with Gasteiger partial charge in [-0.25, -0.2) is 0 Å². The Morgan fingerprint density at radius 1 is 1.25 bits per heavy atom. The third-order valence-corrected chi connectivity index (χ3v) is 0. The van der Waals surface area contributed by atoms with Gasteiger partial charge in [0.1, 0.15) is 0 Å². The summed E-state index contributed by atoms with van der Waals surface area (Å²) >= 11 is 0. The van der Waals surface area contributed by atoms with E-state index < -0.39 is 0 Å². The van der Waals surface area contributed by atoms with Gasteiger partial charge in [0.05, 0.1) is 0 Å². The van der Waals surface area contributed by atoms with E-state index in [0.717, 1.165) is 0 Å². The normalized spacial score (nSPS) is 4.50. The Labute approximate surface area is 41.0 Å². The molecular formula is C2H7NW. The molecule has 0 aromatic heterocycles. The topological polar surface area (TPSA) is 12.0 Å². The minimum Gasteiger partial charge on any atom is -0.323 e. The van der Waals surface area contributed by atoms with Gasteiger partial charge in [-0.05, 0) is 14.1 Å². The van der Waals surface area contributed by atoms with Crippen molar-refractivity contribution in [3.05, 3.63) is 0 Å². The van der Waals surface area contributed by atoms with Crippen LogP contribution in [0.5, 0.6) is 0 Å². The molecule has 4 heavy (non-hydrogen) atoms. The van der Waals surface area contributed by atoms with Crippen LogP contribution in [0.4, 0.5) is 0 Å². The molecule has 0 aromatic carbocycles. The predicted molar refractivity (Wildman–Crippen MR) is 15.0 cm³/mol. The van der Waals surface area contributed by atoms with Crippen LogP contribution >= 0.6 is 0 Å². The molecular weight excluding hydrogens is 222 g/mol. The Kier molecular flexibility index (Phi) is 20.8. The number of rotatable bonds is 0. The van der Waals surface area contributed by atoms with Crippen molar-refractivity contribution in [2.75, 3.05) is 14.1 Å². The molecule has 0 spiro atoms. The maximum absolute atomic E-state index is 2.75. The summed E-state index contributed by atoms with van der Waals surface area (Å²) in [6.45, 7) is 0. The van der Waals surface area contributed by atoms with E-state index in [0.29, 0.717) is 0 Å². The Bertz CT molecular complexity index is 6.00. The summed E-state index contributed by atoms with van der Waals surface area (Å²) in [4.78, 5) is 0. The van der Waals surface area contributed by atoms with Crippen LogP contribution in [0.3, 0.4) is 0 Å². The molecule has 26 valence electrons. The average molecular weight is 229 g/mol. The van der Waals surface area contributed by atoms with E-state index in [1.807, 2.05) is 14.1 Å². The molecule has 2 heteroatoms.